The number of nitriles is 1. The van der Waals surface area contributed by atoms with Crippen LogP contribution in [0.3, 0.4) is 0 Å². The Morgan fingerprint density at radius 3 is 2.56 bits per heavy atom. The van der Waals surface area contributed by atoms with Crippen LogP contribution in [0.15, 0.2) is 54.6 Å². The van der Waals surface area contributed by atoms with Gasteiger partial charge in [-0.3, -0.25) is 0 Å². The van der Waals surface area contributed by atoms with E-state index in [0.29, 0.717) is 18.0 Å². The summed E-state index contributed by atoms with van der Waals surface area (Å²) in [6.07, 6.45) is 8.30. The van der Waals surface area contributed by atoms with E-state index in [2.05, 4.69) is 10.6 Å². The van der Waals surface area contributed by atoms with Gasteiger partial charge in [0.15, 0.2) is 0 Å². The number of carboxylic acids is 1. The van der Waals surface area contributed by atoms with Gasteiger partial charge in [0.2, 0.25) is 5.88 Å². The van der Waals surface area contributed by atoms with Crippen LogP contribution in [0.4, 0.5) is 4.39 Å². The van der Waals surface area contributed by atoms with Crippen LogP contribution < -0.4 is 4.74 Å². The Morgan fingerprint density at radius 1 is 1.09 bits per heavy atom. The smallest absolute Gasteiger partial charge is 0.335 e. The molecule has 1 aliphatic heterocycles. The Hall–Kier alpha value is -4.29. The van der Waals surface area contributed by atoms with Gasteiger partial charge in [0.25, 0.3) is 0 Å². The molecule has 1 N–H and O–H groups in total. The lowest BCUT2D eigenvalue weighted by molar-refractivity contribution is -0.0594. The largest absolute Gasteiger partial charge is 0.478 e. The topological polar surface area (TPSA) is 110 Å². The number of imidazole rings is 1. The highest BCUT2D eigenvalue weighted by Crippen LogP contribution is 2.58. The number of hydrogen-bond donors (Lipinski definition) is 1. The first-order valence-electron chi connectivity index (χ1n) is 15.0. The highest BCUT2D eigenvalue weighted by atomic mass is 19.1. The number of aromatic nitrogens is 3. The Kier molecular flexibility index (Phi) is 6.89. The first-order valence-corrected chi connectivity index (χ1v) is 15.0. The molecule has 0 radical (unpaired) electrons. The van der Waals surface area contributed by atoms with Crippen LogP contribution >= 0.6 is 0 Å². The molecule has 8 rings (SSSR count). The Balaban J connectivity index is 1.07. The van der Waals surface area contributed by atoms with Gasteiger partial charge in [-0.2, -0.15) is 5.26 Å². The number of ether oxygens (including phenoxy) is 2. The molecule has 2 aromatic heterocycles. The monoisotopic (exact) mass is 580 g/mol. The number of fused-ring (bicyclic) bond motifs is 4. The van der Waals surface area contributed by atoms with Crippen molar-refractivity contribution < 1.29 is 23.8 Å². The summed E-state index contributed by atoms with van der Waals surface area (Å²) in [4.78, 5) is 21.6. The normalized spacial score (nSPS) is 24.4. The van der Waals surface area contributed by atoms with Crippen LogP contribution in [0.25, 0.3) is 11.0 Å². The Bertz CT molecular complexity index is 1730. The third-order valence-electron chi connectivity index (χ3n) is 10.0. The number of nitrogens with zero attached hydrogens (tertiary/aromatic N) is 4. The van der Waals surface area contributed by atoms with Crippen LogP contribution in [0.1, 0.15) is 77.9 Å². The summed E-state index contributed by atoms with van der Waals surface area (Å²) in [5, 5.41) is 18.6. The number of pyridine rings is 1. The molecule has 0 spiro atoms. The van der Waals surface area contributed by atoms with Crippen molar-refractivity contribution in [2.75, 3.05) is 6.61 Å². The lowest BCUT2D eigenvalue weighted by Gasteiger charge is -2.53. The summed E-state index contributed by atoms with van der Waals surface area (Å²) in [7, 11) is 0. The third kappa shape index (κ3) is 5.14. The van der Waals surface area contributed by atoms with Crippen molar-refractivity contribution in [3.8, 4) is 11.9 Å². The maximum Gasteiger partial charge on any atom is 0.335 e. The van der Waals surface area contributed by atoms with E-state index < -0.39 is 11.8 Å². The molecule has 3 saturated carbocycles. The maximum absolute atomic E-state index is 14.4. The molecule has 1 saturated heterocycles. The second kappa shape index (κ2) is 10.8. The van der Waals surface area contributed by atoms with Gasteiger partial charge in [0, 0.05) is 30.1 Å². The minimum absolute atomic E-state index is 0.00287. The predicted molar refractivity (Wildman–Crippen MR) is 156 cm³/mol. The summed E-state index contributed by atoms with van der Waals surface area (Å²) in [6, 6.07) is 17.4. The molecule has 4 aliphatic rings. The van der Waals surface area contributed by atoms with Crippen LogP contribution in [0.5, 0.6) is 5.88 Å². The molecule has 220 valence electrons. The predicted octanol–water partition coefficient (Wildman–Crippen LogP) is 6.34. The maximum atomic E-state index is 14.4. The molecule has 3 aliphatic carbocycles. The molecular weight excluding hydrogens is 547 g/mol. The second-order valence-electron chi connectivity index (χ2n) is 12.5. The van der Waals surface area contributed by atoms with E-state index in [1.165, 1.54) is 6.07 Å². The molecule has 0 amide bonds. The molecule has 0 unspecified atom stereocenters. The zero-order valence-corrected chi connectivity index (χ0v) is 23.9. The van der Waals surface area contributed by atoms with E-state index in [9.17, 15) is 14.3 Å². The van der Waals surface area contributed by atoms with Crippen LogP contribution in [0.2, 0.25) is 0 Å². The van der Waals surface area contributed by atoms with Gasteiger partial charge in [-0.05, 0) is 86.8 Å². The van der Waals surface area contributed by atoms with Gasteiger partial charge >= 0.3 is 5.97 Å². The number of halogens is 1. The van der Waals surface area contributed by atoms with Crippen molar-refractivity contribution in [3.05, 3.63) is 88.6 Å². The average Bonchev–Trinajstić information content (AvgIpc) is 3.34. The summed E-state index contributed by atoms with van der Waals surface area (Å²) < 4.78 is 28.2. The fourth-order valence-corrected chi connectivity index (χ4v) is 7.20. The number of rotatable bonds is 9. The molecular formula is C34H33FN4O4. The van der Waals surface area contributed by atoms with Crippen molar-refractivity contribution in [2.24, 2.45) is 5.41 Å². The SMILES string of the molecule is N#Cc1ccc(COc2cccc(C34CCC(Cc5nc6ccc(C(=O)O)cc6n5C[C@@H]5CCO5)(CC3)CC4)n2)c(F)c1. The van der Waals surface area contributed by atoms with E-state index in [0.717, 1.165) is 80.5 Å². The second-order valence-corrected chi connectivity index (χ2v) is 12.5. The van der Waals surface area contributed by atoms with E-state index >= 15 is 0 Å². The van der Waals surface area contributed by atoms with Gasteiger partial charge in [-0.25, -0.2) is 19.2 Å². The first kappa shape index (κ1) is 27.5. The van der Waals surface area contributed by atoms with Gasteiger partial charge < -0.3 is 19.1 Å². The number of carbonyl (C=O) groups is 1. The number of carboxylic acid groups (broad SMARTS) is 1. The standard InChI is InChI=1S/C34H33FN4O4/c35-26-16-22(19-36)4-5-24(26)21-43-31-3-1-2-29(38-31)34-12-9-33(10-13-34,11-14-34)18-30-37-27-7-6-23(32(40)41)17-28(27)39(30)20-25-8-15-42-25/h1-7,16-17,25H,8-15,18,20-21H2,(H,40,41)/t25-,33?,34?/m0/s1. The number of aromatic carboxylic acids is 1. The van der Waals surface area contributed by atoms with Crippen LogP contribution in [-0.4, -0.2) is 38.3 Å². The minimum atomic E-state index is -0.935. The van der Waals surface area contributed by atoms with Gasteiger partial charge in [0.05, 0.1) is 46.6 Å². The summed E-state index contributed by atoms with van der Waals surface area (Å²) >= 11 is 0. The molecule has 1 atom stereocenters. The molecule has 8 nitrogen and oxygen atoms in total. The first-order chi connectivity index (χ1) is 20.9. The highest BCUT2D eigenvalue weighted by Gasteiger charge is 2.50. The lowest BCUT2D eigenvalue weighted by atomic mass is 9.52. The summed E-state index contributed by atoms with van der Waals surface area (Å²) in [5.74, 6) is 0.104. The molecule has 4 aromatic rings. The molecule has 2 bridgehead atoms. The van der Waals surface area contributed by atoms with Crippen molar-refractivity contribution in [1.29, 1.82) is 5.26 Å². The zero-order chi connectivity index (χ0) is 29.6. The fraction of sp³-hybridized carbons (Fsp3) is 0.412. The Labute approximate surface area is 249 Å². The lowest BCUT2D eigenvalue weighted by Crippen LogP contribution is -2.46. The third-order valence-corrected chi connectivity index (χ3v) is 10.0. The van der Waals surface area contributed by atoms with Crippen LogP contribution in [0, 0.1) is 22.6 Å². The van der Waals surface area contributed by atoms with E-state index in [1.807, 2.05) is 24.3 Å². The van der Waals surface area contributed by atoms with Gasteiger partial charge in [-0.15, -0.1) is 0 Å². The molecule has 3 heterocycles. The molecule has 4 fully saturated rings. The van der Waals surface area contributed by atoms with Gasteiger partial charge in [-0.1, -0.05) is 12.1 Å². The Morgan fingerprint density at radius 2 is 1.88 bits per heavy atom. The van der Waals surface area contributed by atoms with E-state index in [1.54, 1.807) is 24.3 Å². The van der Waals surface area contributed by atoms with Gasteiger partial charge in [0.1, 0.15) is 18.2 Å². The highest BCUT2D eigenvalue weighted by molar-refractivity contribution is 5.92. The van der Waals surface area contributed by atoms with Crippen molar-refractivity contribution in [3.63, 3.8) is 0 Å². The number of hydrogen-bond acceptors (Lipinski definition) is 6. The average molecular weight is 581 g/mol. The van der Waals surface area contributed by atoms with E-state index in [-0.39, 0.29) is 34.7 Å². The molecule has 2 aromatic carbocycles. The van der Waals surface area contributed by atoms with Crippen molar-refractivity contribution in [2.45, 2.75) is 76.0 Å². The summed E-state index contributed by atoms with van der Waals surface area (Å²) in [5.41, 5.74) is 3.82. The molecule has 43 heavy (non-hydrogen) atoms. The fourth-order valence-electron chi connectivity index (χ4n) is 7.20. The van der Waals surface area contributed by atoms with E-state index in [4.69, 9.17) is 24.7 Å². The minimum Gasteiger partial charge on any atom is -0.478 e. The van der Waals surface area contributed by atoms with Crippen LogP contribution in [-0.2, 0) is 29.7 Å². The van der Waals surface area contributed by atoms with Crippen molar-refractivity contribution >= 4 is 17.0 Å². The number of benzene rings is 2. The van der Waals surface area contributed by atoms with Crippen molar-refractivity contribution in [1.82, 2.24) is 14.5 Å². The quantitative estimate of drug-likeness (QED) is 0.246. The zero-order valence-electron chi connectivity index (χ0n) is 23.9. The summed E-state index contributed by atoms with van der Waals surface area (Å²) in [6.45, 7) is 1.51. The molecule has 9 heteroatoms.